The number of thiazole rings is 1. The number of carbonyl (C=O) groups excluding carboxylic acids is 1. The summed E-state index contributed by atoms with van der Waals surface area (Å²) in [6.07, 6.45) is 6.33. The highest BCUT2D eigenvalue weighted by Gasteiger charge is 2.08. The Hall–Kier alpha value is -2.54. The predicted molar refractivity (Wildman–Crippen MR) is 74.2 cm³/mol. The van der Waals surface area contributed by atoms with Gasteiger partial charge in [-0.15, -0.1) is 11.3 Å². The van der Waals surface area contributed by atoms with Crippen LogP contribution in [0.2, 0.25) is 0 Å². The average molecular weight is 289 g/mol. The normalized spacial score (nSPS) is 10.6. The summed E-state index contributed by atoms with van der Waals surface area (Å²) in [6.45, 7) is 0.203. The topological polar surface area (TPSA) is 92.2 Å². The van der Waals surface area contributed by atoms with E-state index in [2.05, 4.69) is 15.3 Å². The molecule has 2 N–H and O–H groups in total. The molecule has 6 nitrogen and oxygen atoms in total. The molecule has 0 bridgehead atoms. The first-order chi connectivity index (χ1) is 9.65. The van der Waals surface area contributed by atoms with E-state index in [1.165, 1.54) is 22.8 Å². The molecule has 0 fully saturated rings. The number of aromatic carboxylic acids is 1. The first-order valence-electron chi connectivity index (χ1n) is 5.69. The third-order valence-electron chi connectivity index (χ3n) is 2.30. The largest absolute Gasteiger partial charge is 0.476 e. The minimum Gasteiger partial charge on any atom is -0.476 e. The number of rotatable bonds is 5. The number of carboxylic acids is 1. The number of carboxylic acid groups (broad SMARTS) is 1. The number of amides is 1. The van der Waals surface area contributed by atoms with Gasteiger partial charge in [0.1, 0.15) is 5.01 Å². The van der Waals surface area contributed by atoms with Crippen LogP contribution in [0.4, 0.5) is 0 Å². The summed E-state index contributed by atoms with van der Waals surface area (Å²) in [5.41, 5.74) is 0.815. The van der Waals surface area contributed by atoms with Gasteiger partial charge in [-0.1, -0.05) is 6.07 Å². The van der Waals surface area contributed by atoms with E-state index < -0.39 is 5.97 Å². The van der Waals surface area contributed by atoms with Crippen LogP contribution < -0.4 is 5.32 Å². The second kappa shape index (κ2) is 6.58. The lowest BCUT2D eigenvalue weighted by Gasteiger charge is -1.98. The molecule has 0 saturated carbocycles. The zero-order valence-corrected chi connectivity index (χ0v) is 11.1. The molecular weight excluding hydrogens is 278 g/mol. The molecule has 0 radical (unpaired) electrons. The minimum atomic E-state index is -1.07. The number of hydrogen-bond acceptors (Lipinski definition) is 5. The van der Waals surface area contributed by atoms with E-state index in [1.807, 2.05) is 6.07 Å². The quantitative estimate of drug-likeness (QED) is 0.815. The third-order valence-corrected chi connectivity index (χ3v) is 3.15. The molecule has 0 atom stereocenters. The Bertz CT molecular complexity index is 637. The van der Waals surface area contributed by atoms with E-state index in [4.69, 9.17) is 5.11 Å². The third kappa shape index (κ3) is 3.99. The molecule has 1 amide bonds. The summed E-state index contributed by atoms with van der Waals surface area (Å²) in [4.78, 5) is 30.0. The summed E-state index contributed by atoms with van der Waals surface area (Å²) in [7, 11) is 0. The Morgan fingerprint density at radius 1 is 1.45 bits per heavy atom. The fourth-order valence-electron chi connectivity index (χ4n) is 1.36. The monoisotopic (exact) mass is 289 g/mol. The van der Waals surface area contributed by atoms with Crippen molar-refractivity contribution in [1.82, 2.24) is 15.3 Å². The lowest BCUT2D eigenvalue weighted by atomic mass is 10.2. The molecule has 0 aromatic carbocycles. The van der Waals surface area contributed by atoms with E-state index in [0.29, 0.717) is 5.01 Å². The maximum Gasteiger partial charge on any atom is 0.355 e. The van der Waals surface area contributed by atoms with E-state index in [-0.39, 0.29) is 18.1 Å². The zero-order chi connectivity index (χ0) is 14.4. The highest BCUT2D eigenvalue weighted by molar-refractivity contribution is 7.09. The summed E-state index contributed by atoms with van der Waals surface area (Å²) < 4.78 is 0. The lowest BCUT2D eigenvalue weighted by Crippen LogP contribution is -2.20. The van der Waals surface area contributed by atoms with Crippen molar-refractivity contribution in [1.29, 1.82) is 0 Å². The van der Waals surface area contributed by atoms with Crippen LogP contribution in [-0.2, 0) is 11.3 Å². The molecule has 0 aliphatic heterocycles. The molecular formula is C13H11N3O3S. The Balaban J connectivity index is 1.86. The van der Waals surface area contributed by atoms with Crippen LogP contribution in [0.3, 0.4) is 0 Å². The van der Waals surface area contributed by atoms with Crippen LogP contribution in [0.5, 0.6) is 0 Å². The van der Waals surface area contributed by atoms with Crippen LogP contribution >= 0.6 is 11.3 Å². The molecule has 102 valence electrons. The average Bonchev–Trinajstić information content (AvgIpc) is 2.93. The summed E-state index contributed by atoms with van der Waals surface area (Å²) in [6, 6.07) is 3.61. The van der Waals surface area contributed by atoms with Crippen LogP contribution in [0.25, 0.3) is 6.08 Å². The smallest absolute Gasteiger partial charge is 0.355 e. The molecule has 0 unspecified atom stereocenters. The van der Waals surface area contributed by atoms with Gasteiger partial charge in [0.25, 0.3) is 0 Å². The molecule has 20 heavy (non-hydrogen) atoms. The molecule has 2 heterocycles. The van der Waals surface area contributed by atoms with Crippen LogP contribution in [-0.4, -0.2) is 27.0 Å². The molecule has 0 saturated heterocycles. The molecule has 2 aromatic heterocycles. The summed E-state index contributed by atoms with van der Waals surface area (Å²) in [5.74, 6) is -1.35. The van der Waals surface area contributed by atoms with Crippen molar-refractivity contribution in [2.24, 2.45) is 0 Å². The van der Waals surface area contributed by atoms with Crippen molar-refractivity contribution < 1.29 is 14.7 Å². The van der Waals surface area contributed by atoms with Crippen molar-refractivity contribution in [3.05, 3.63) is 52.2 Å². The second-order valence-corrected chi connectivity index (χ2v) is 4.71. The van der Waals surface area contributed by atoms with Gasteiger partial charge in [-0.2, -0.15) is 0 Å². The highest BCUT2D eigenvalue weighted by Crippen LogP contribution is 2.09. The van der Waals surface area contributed by atoms with Gasteiger partial charge < -0.3 is 10.4 Å². The van der Waals surface area contributed by atoms with Gasteiger partial charge in [-0.3, -0.25) is 9.78 Å². The predicted octanol–water partition coefficient (Wildman–Crippen LogP) is 1.57. The van der Waals surface area contributed by atoms with Gasteiger partial charge in [0, 0.05) is 23.8 Å². The maximum absolute atomic E-state index is 11.6. The summed E-state index contributed by atoms with van der Waals surface area (Å²) >= 11 is 1.19. The van der Waals surface area contributed by atoms with Gasteiger partial charge in [-0.25, -0.2) is 9.78 Å². The highest BCUT2D eigenvalue weighted by atomic mass is 32.1. The SMILES string of the molecule is O=C(C=Cc1cccnc1)NCc1nc(C(=O)O)cs1. The van der Waals surface area contributed by atoms with Crippen molar-refractivity contribution in [3.8, 4) is 0 Å². The Kier molecular flexibility index (Phi) is 4.56. The van der Waals surface area contributed by atoms with Crippen LogP contribution in [0.1, 0.15) is 21.1 Å². The van der Waals surface area contributed by atoms with E-state index in [1.54, 1.807) is 24.5 Å². The van der Waals surface area contributed by atoms with Crippen molar-refractivity contribution in [2.75, 3.05) is 0 Å². The standard InChI is InChI=1S/C13H11N3O3S/c17-11(4-3-9-2-1-5-14-6-9)15-7-12-16-10(8-20-12)13(18)19/h1-6,8H,7H2,(H,15,17)(H,18,19). The van der Waals surface area contributed by atoms with E-state index in [9.17, 15) is 9.59 Å². The number of carbonyl (C=O) groups is 2. The molecule has 2 aromatic rings. The first kappa shape index (κ1) is 13.9. The van der Waals surface area contributed by atoms with Crippen LogP contribution in [0, 0.1) is 0 Å². The summed E-state index contributed by atoms with van der Waals surface area (Å²) in [5, 5.41) is 13.3. The number of pyridine rings is 1. The van der Waals surface area contributed by atoms with Gasteiger partial charge in [0.2, 0.25) is 5.91 Å². The Labute approximate surface area is 118 Å². The number of aromatic nitrogens is 2. The first-order valence-corrected chi connectivity index (χ1v) is 6.57. The fraction of sp³-hybridized carbons (Fsp3) is 0.0769. The maximum atomic E-state index is 11.6. The lowest BCUT2D eigenvalue weighted by molar-refractivity contribution is -0.116. The van der Waals surface area contributed by atoms with E-state index >= 15 is 0 Å². The van der Waals surface area contributed by atoms with Gasteiger partial charge in [0.05, 0.1) is 6.54 Å². The number of nitrogens with zero attached hydrogens (tertiary/aromatic N) is 2. The van der Waals surface area contributed by atoms with Crippen molar-refractivity contribution >= 4 is 29.3 Å². The van der Waals surface area contributed by atoms with Gasteiger partial charge in [-0.05, 0) is 17.7 Å². The molecule has 0 aliphatic carbocycles. The number of nitrogens with one attached hydrogen (secondary N) is 1. The molecule has 7 heteroatoms. The molecule has 0 spiro atoms. The van der Waals surface area contributed by atoms with Gasteiger partial charge >= 0.3 is 5.97 Å². The Morgan fingerprint density at radius 2 is 2.30 bits per heavy atom. The van der Waals surface area contributed by atoms with Crippen molar-refractivity contribution in [2.45, 2.75) is 6.54 Å². The van der Waals surface area contributed by atoms with Crippen LogP contribution in [0.15, 0.2) is 36.0 Å². The van der Waals surface area contributed by atoms with Gasteiger partial charge in [0.15, 0.2) is 5.69 Å². The fourth-order valence-corrected chi connectivity index (χ4v) is 2.07. The van der Waals surface area contributed by atoms with Crippen molar-refractivity contribution in [3.63, 3.8) is 0 Å². The second-order valence-electron chi connectivity index (χ2n) is 3.77. The van der Waals surface area contributed by atoms with E-state index in [0.717, 1.165) is 5.56 Å². The zero-order valence-electron chi connectivity index (χ0n) is 10.3. The Morgan fingerprint density at radius 3 is 2.95 bits per heavy atom. The molecule has 0 aliphatic rings. The molecule has 2 rings (SSSR count). The number of hydrogen-bond donors (Lipinski definition) is 2. The minimum absolute atomic E-state index is 0.00912.